The molecule has 1 aromatic rings. The maximum Gasteiger partial charge on any atom is 0.0517 e. The molecular weight excluding hydrogens is 303 g/mol. The Kier molecular flexibility index (Phi) is 7.49. The zero-order chi connectivity index (χ0) is 16.0. The van der Waals surface area contributed by atoms with Gasteiger partial charge in [0.05, 0.1) is 6.04 Å². The van der Waals surface area contributed by atoms with Crippen molar-refractivity contribution in [3.05, 3.63) is 33.8 Å². The molecule has 0 heterocycles. The highest BCUT2D eigenvalue weighted by Crippen LogP contribution is 2.36. The molecule has 21 heavy (non-hydrogen) atoms. The molecular formula is C17H28Cl2N2. The van der Waals surface area contributed by atoms with E-state index in [0.29, 0.717) is 0 Å². The Hall–Kier alpha value is -0.280. The number of nitrogens with one attached hydrogen (secondary N) is 1. The largest absolute Gasteiger partial charge is 0.308 e. The van der Waals surface area contributed by atoms with Crippen molar-refractivity contribution in [3.8, 4) is 0 Å². The summed E-state index contributed by atoms with van der Waals surface area (Å²) in [5.41, 5.74) is 1.03. The summed E-state index contributed by atoms with van der Waals surface area (Å²) in [6, 6.07) is 5.86. The molecule has 1 atom stereocenters. The second-order valence-corrected chi connectivity index (χ2v) is 6.72. The van der Waals surface area contributed by atoms with Gasteiger partial charge in [-0.2, -0.15) is 0 Å². The normalized spacial score (nSPS) is 13.7. The molecule has 0 aromatic heterocycles. The monoisotopic (exact) mass is 330 g/mol. The first-order chi connectivity index (χ1) is 9.88. The highest BCUT2D eigenvalue weighted by Gasteiger charge is 2.35. The van der Waals surface area contributed by atoms with Gasteiger partial charge in [0.2, 0.25) is 0 Å². The Morgan fingerprint density at radius 1 is 1.14 bits per heavy atom. The van der Waals surface area contributed by atoms with Gasteiger partial charge in [-0.15, -0.1) is 0 Å². The molecule has 0 aliphatic rings. The lowest BCUT2D eigenvalue weighted by Gasteiger charge is -2.44. The van der Waals surface area contributed by atoms with Gasteiger partial charge in [-0.3, -0.25) is 4.90 Å². The summed E-state index contributed by atoms with van der Waals surface area (Å²) in [6.07, 6.45) is 1.09. The van der Waals surface area contributed by atoms with E-state index in [0.717, 1.165) is 41.7 Å². The van der Waals surface area contributed by atoms with Crippen LogP contribution in [0.2, 0.25) is 10.0 Å². The molecule has 0 aliphatic heterocycles. The first-order valence-electron chi connectivity index (χ1n) is 7.81. The smallest absolute Gasteiger partial charge is 0.0517 e. The molecule has 0 amide bonds. The van der Waals surface area contributed by atoms with Gasteiger partial charge < -0.3 is 5.32 Å². The lowest BCUT2D eigenvalue weighted by molar-refractivity contribution is 0.0912. The lowest BCUT2D eigenvalue weighted by atomic mass is 9.86. The minimum Gasteiger partial charge on any atom is -0.308 e. The predicted molar refractivity (Wildman–Crippen MR) is 94.5 cm³/mol. The molecule has 1 unspecified atom stereocenters. The molecule has 0 saturated carbocycles. The third-order valence-corrected chi connectivity index (χ3v) is 4.73. The molecule has 2 nitrogen and oxygen atoms in total. The Morgan fingerprint density at radius 2 is 1.76 bits per heavy atom. The maximum atomic E-state index is 6.45. The molecule has 0 fully saturated rings. The van der Waals surface area contributed by atoms with Crippen molar-refractivity contribution in [2.45, 2.75) is 52.6 Å². The molecule has 0 bridgehead atoms. The molecule has 0 radical (unpaired) electrons. The van der Waals surface area contributed by atoms with Gasteiger partial charge in [0.15, 0.2) is 0 Å². The van der Waals surface area contributed by atoms with Crippen molar-refractivity contribution in [1.29, 1.82) is 0 Å². The van der Waals surface area contributed by atoms with Gasteiger partial charge in [0.25, 0.3) is 0 Å². The minimum absolute atomic E-state index is 0.0486. The third kappa shape index (κ3) is 4.59. The third-order valence-electron chi connectivity index (χ3n) is 4.15. The van der Waals surface area contributed by atoms with Crippen LogP contribution in [-0.2, 0) is 0 Å². The first-order valence-corrected chi connectivity index (χ1v) is 8.57. The average Bonchev–Trinajstić information content (AvgIpc) is 2.43. The van der Waals surface area contributed by atoms with Crippen LogP contribution >= 0.6 is 23.2 Å². The molecule has 0 spiro atoms. The van der Waals surface area contributed by atoms with Gasteiger partial charge in [0.1, 0.15) is 0 Å². The van der Waals surface area contributed by atoms with Crippen LogP contribution in [0.4, 0.5) is 0 Å². The van der Waals surface area contributed by atoms with Gasteiger partial charge in [0, 0.05) is 15.6 Å². The molecule has 0 aliphatic carbocycles. The number of likely N-dealkylation sites (N-methyl/N-ethyl adjacent to an activating group) is 1. The Bertz CT molecular complexity index is 442. The summed E-state index contributed by atoms with van der Waals surface area (Å²) in [5.74, 6) is 0. The topological polar surface area (TPSA) is 15.3 Å². The summed E-state index contributed by atoms with van der Waals surface area (Å²) in [5, 5.41) is 5.16. The highest BCUT2D eigenvalue weighted by molar-refractivity contribution is 6.33. The van der Waals surface area contributed by atoms with Gasteiger partial charge in [-0.05, 0) is 63.7 Å². The zero-order valence-corrected chi connectivity index (χ0v) is 15.4. The number of halogens is 2. The molecule has 1 N–H and O–H groups in total. The fourth-order valence-corrected chi connectivity index (χ4v) is 3.39. The van der Waals surface area contributed by atoms with Crippen LogP contribution in [0.5, 0.6) is 0 Å². The summed E-state index contributed by atoms with van der Waals surface area (Å²) >= 11 is 12.6. The average molecular weight is 331 g/mol. The van der Waals surface area contributed by atoms with Crippen LogP contribution in [0.15, 0.2) is 18.2 Å². The van der Waals surface area contributed by atoms with Crippen LogP contribution in [-0.4, -0.2) is 30.1 Å². The van der Waals surface area contributed by atoms with Gasteiger partial charge >= 0.3 is 0 Å². The minimum atomic E-state index is -0.0486. The van der Waals surface area contributed by atoms with E-state index < -0.39 is 0 Å². The number of hydrogen-bond donors (Lipinski definition) is 1. The quantitative estimate of drug-likeness (QED) is 0.708. The van der Waals surface area contributed by atoms with E-state index in [2.05, 4.69) is 44.8 Å². The zero-order valence-electron chi connectivity index (χ0n) is 13.8. The molecule has 1 rings (SSSR count). The fraction of sp³-hybridized carbons (Fsp3) is 0.647. The van der Waals surface area contributed by atoms with Crippen molar-refractivity contribution < 1.29 is 0 Å². The predicted octanol–water partition coefficient (Wildman–Crippen LogP) is 5.15. The molecule has 120 valence electrons. The van der Waals surface area contributed by atoms with E-state index in [1.807, 2.05) is 18.2 Å². The van der Waals surface area contributed by atoms with Crippen LogP contribution < -0.4 is 5.32 Å². The lowest BCUT2D eigenvalue weighted by Crippen LogP contribution is -2.52. The SMILES string of the molecule is CCCNC(c1cc(Cl)ccc1Cl)C(C)(C)N(CC)CC. The van der Waals surface area contributed by atoms with E-state index >= 15 is 0 Å². The number of nitrogens with zero attached hydrogens (tertiary/aromatic N) is 1. The van der Waals surface area contributed by atoms with Crippen LogP contribution in [0.3, 0.4) is 0 Å². The van der Waals surface area contributed by atoms with Gasteiger partial charge in [-0.1, -0.05) is 44.0 Å². The van der Waals surface area contributed by atoms with E-state index in [9.17, 15) is 0 Å². The van der Waals surface area contributed by atoms with Crippen molar-refractivity contribution in [2.75, 3.05) is 19.6 Å². The Balaban J connectivity index is 3.24. The van der Waals surface area contributed by atoms with Crippen LogP contribution in [0, 0.1) is 0 Å². The Labute approximate surface area is 139 Å². The maximum absolute atomic E-state index is 6.45. The van der Waals surface area contributed by atoms with Crippen molar-refractivity contribution in [3.63, 3.8) is 0 Å². The first kappa shape index (κ1) is 18.8. The van der Waals surface area contributed by atoms with Crippen molar-refractivity contribution in [2.24, 2.45) is 0 Å². The van der Waals surface area contributed by atoms with Crippen LogP contribution in [0.1, 0.15) is 52.6 Å². The number of rotatable bonds is 8. The molecule has 4 heteroatoms. The number of benzene rings is 1. The fourth-order valence-electron chi connectivity index (χ4n) is 2.99. The molecule has 0 saturated heterocycles. The highest BCUT2D eigenvalue weighted by atomic mass is 35.5. The summed E-state index contributed by atoms with van der Waals surface area (Å²) < 4.78 is 0. The van der Waals surface area contributed by atoms with E-state index in [1.54, 1.807) is 0 Å². The van der Waals surface area contributed by atoms with E-state index in [-0.39, 0.29) is 11.6 Å². The van der Waals surface area contributed by atoms with Crippen LogP contribution in [0.25, 0.3) is 0 Å². The molecule has 1 aromatic carbocycles. The van der Waals surface area contributed by atoms with E-state index in [1.165, 1.54) is 0 Å². The van der Waals surface area contributed by atoms with E-state index in [4.69, 9.17) is 23.2 Å². The van der Waals surface area contributed by atoms with Crippen molar-refractivity contribution in [1.82, 2.24) is 10.2 Å². The second-order valence-electron chi connectivity index (χ2n) is 5.88. The second kappa shape index (κ2) is 8.38. The standard InChI is InChI=1S/C17H28Cl2N2/c1-6-11-20-16(17(4,5)21(7-2)8-3)14-12-13(18)9-10-15(14)19/h9-10,12,16,20H,6-8,11H2,1-5H3. The van der Waals surface area contributed by atoms with Gasteiger partial charge in [-0.25, -0.2) is 0 Å². The number of hydrogen-bond acceptors (Lipinski definition) is 2. The summed E-state index contributed by atoms with van der Waals surface area (Å²) in [6.45, 7) is 14.1. The summed E-state index contributed by atoms with van der Waals surface area (Å²) in [4.78, 5) is 2.46. The summed E-state index contributed by atoms with van der Waals surface area (Å²) in [7, 11) is 0. The van der Waals surface area contributed by atoms with Crippen molar-refractivity contribution >= 4 is 23.2 Å². The Morgan fingerprint density at radius 3 is 2.29 bits per heavy atom.